The van der Waals surface area contributed by atoms with Crippen LogP contribution in [-0.2, 0) is 14.3 Å². The summed E-state index contributed by atoms with van der Waals surface area (Å²) in [6.07, 6.45) is 0. The molecule has 16 heavy (non-hydrogen) atoms. The van der Waals surface area contributed by atoms with E-state index in [1.54, 1.807) is 12.1 Å². The number of carbonyl (C=O) groups excluding carboxylic acids is 2. The summed E-state index contributed by atoms with van der Waals surface area (Å²) >= 11 is 1.17. The highest BCUT2D eigenvalue weighted by Gasteiger charge is 2.19. The van der Waals surface area contributed by atoms with Gasteiger partial charge in [0.1, 0.15) is 5.25 Å². The van der Waals surface area contributed by atoms with E-state index >= 15 is 0 Å². The van der Waals surface area contributed by atoms with Crippen LogP contribution in [0.2, 0.25) is 0 Å². The van der Waals surface area contributed by atoms with Crippen LogP contribution in [0.4, 0.5) is 0 Å². The molecule has 0 aliphatic heterocycles. The first-order chi connectivity index (χ1) is 7.65. The monoisotopic (exact) mass is 239 g/mol. The quantitative estimate of drug-likeness (QED) is 0.782. The van der Waals surface area contributed by atoms with Crippen LogP contribution in [0.15, 0.2) is 30.3 Å². The summed E-state index contributed by atoms with van der Waals surface area (Å²) in [4.78, 5) is 22.2. The second kappa shape index (κ2) is 6.17. The van der Waals surface area contributed by atoms with Gasteiger partial charge in [-0.25, -0.2) is 0 Å². The number of hydrogen-bond donors (Lipinski definition) is 1. The molecule has 1 atom stereocenters. The predicted molar refractivity (Wildman–Crippen MR) is 62.9 cm³/mol. The molecular weight excluding hydrogens is 226 g/mol. The van der Waals surface area contributed by atoms with Gasteiger partial charge in [-0.2, -0.15) is 0 Å². The summed E-state index contributed by atoms with van der Waals surface area (Å²) in [5.74, 6) is -0.716. The Bertz CT molecular complexity index is 367. The average Bonchev–Trinajstić information content (AvgIpc) is 2.30. The molecule has 0 radical (unpaired) electrons. The number of thioether (sulfide) groups is 1. The smallest absolute Gasteiger partial charge is 0.315 e. The normalized spacial score (nSPS) is 11.8. The number of carbonyl (C=O) groups is 2. The predicted octanol–water partition coefficient (Wildman–Crippen LogP) is 1.12. The molecule has 1 unspecified atom stereocenters. The van der Waals surface area contributed by atoms with E-state index in [-0.39, 0.29) is 11.7 Å². The highest BCUT2D eigenvalue weighted by atomic mass is 32.2. The molecule has 0 fully saturated rings. The summed E-state index contributed by atoms with van der Waals surface area (Å²) < 4.78 is 4.50. The molecule has 0 spiro atoms. The van der Waals surface area contributed by atoms with Gasteiger partial charge in [0.15, 0.2) is 0 Å². The fourth-order valence-electron chi connectivity index (χ4n) is 1.18. The summed E-state index contributed by atoms with van der Waals surface area (Å²) in [6.45, 7) is 0. The van der Waals surface area contributed by atoms with Crippen molar-refractivity contribution in [1.29, 1.82) is 0 Å². The summed E-state index contributed by atoms with van der Waals surface area (Å²) in [5, 5.41) is -0.514. The lowest BCUT2D eigenvalue weighted by molar-refractivity contribution is -0.137. The zero-order valence-corrected chi connectivity index (χ0v) is 9.70. The number of rotatable bonds is 5. The molecule has 1 aromatic rings. The van der Waals surface area contributed by atoms with Crippen molar-refractivity contribution in [2.75, 3.05) is 12.9 Å². The molecule has 0 bridgehead atoms. The van der Waals surface area contributed by atoms with Gasteiger partial charge >= 0.3 is 5.97 Å². The van der Waals surface area contributed by atoms with E-state index in [1.165, 1.54) is 18.9 Å². The first-order valence-electron chi connectivity index (χ1n) is 4.68. The van der Waals surface area contributed by atoms with Gasteiger partial charge in [-0.1, -0.05) is 30.3 Å². The minimum absolute atomic E-state index is 0.110. The van der Waals surface area contributed by atoms with E-state index in [0.29, 0.717) is 0 Å². The number of primary amides is 1. The Kier molecular flexibility index (Phi) is 4.85. The van der Waals surface area contributed by atoms with Gasteiger partial charge in [-0.05, 0) is 5.56 Å². The van der Waals surface area contributed by atoms with Gasteiger partial charge in [-0.15, -0.1) is 11.8 Å². The first kappa shape index (κ1) is 12.6. The minimum atomic E-state index is -0.514. The number of nitrogens with two attached hydrogens (primary N) is 1. The number of hydrogen-bond acceptors (Lipinski definition) is 4. The van der Waals surface area contributed by atoms with Gasteiger partial charge in [0.25, 0.3) is 0 Å². The molecule has 0 saturated heterocycles. The third kappa shape index (κ3) is 3.58. The topological polar surface area (TPSA) is 69.4 Å². The van der Waals surface area contributed by atoms with Crippen LogP contribution in [0.1, 0.15) is 10.8 Å². The Hall–Kier alpha value is -1.49. The molecular formula is C11H13NO3S. The van der Waals surface area contributed by atoms with Crippen molar-refractivity contribution < 1.29 is 14.3 Å². The third-order valence-corrected chi connectivity index (χ3v) is 3.20. The van der Waals surface area contributed by atoms with Crippen molar-refractivity contribution in [3.8, 4) is 0 Å². The zero-order valence-electron chi connectivity index (χ0n) is 8.88. The van der Waals surface area contributed by atoms with Gasteiger partial charge in [0.05, 0.1) is 12.9 Å². The van der Waals surface area contributed by atoms with E-state index in [1.807, 2.05) is 18.2 Å². The average molecular weight is 239 g/mol. The molecule has 0 aliphatic carbocycles. The summed E-state index contributed by atoms with van der Waals surface area (Å²) in [5.41, 5.74) is 6.08. The molecule has 0 saturated carbocycles. The molecule has 86 valence electrons. The number of methoxy groups -OCH3 is 1. The molecule has 1 aromatic carbocycles. The van der Waals surface area contributed by atoms with Crippen LogP contribution in [0.3, 0.4) is 0 Å². The van der Waals surface area contributed by atoms with E-state index in [2.05, 4.69) is 4.74 Å². The lowest BCUT2D eigenvalue weighted by Crippen LogP contribution is -2.20. The maximum atomic E-state index is 11.3. The molecule has 1 rings (SSSR count). The zero-order chi connectivity index (χ0) is 12.0. The second-order valence-electron chi connectivity index (χ2n) is 3.08. The van der Waals surface area contributed by atoms with Crippen LogP contribution in [0.25, 0.3) is 0 Å². The summed E-state index contributed by atoms with van der Waals surface area (Å²) in [7, 11) is 1.31. The molecule has 2 N–H and O–H groups in total. The van der Waals surface area contributed by atoms with E-state index < -0.39 is 11.2 Å². The molecule has 4 nitrogen and oxygen atoms in total. The van der Waals surface area contributed by atoms with E-state index in [0.717, 1.165) is 5.56 Å². The molecule has 5 heteroatoms. The standard InChI is InChI=1S/C11H13NO3S/c1-15-9(13)7-16-10(11(12)14)8-5-3-2-4-6-8/h2-6,10H,7H2,1H3,(H2,12,14). The van der Waals surface area contributed by atoms with Gasteiger partial charge in [0.2, 0.25) is 5.91 Å². The summed E-state index contributed by atoms with van der Waals surface area (Å²) in [6, 6.07) is 9.11. The Labute approximate surface area is 98.2 Å². The van der Waals surface area contributed by atoms with Crippen molar-refractivity contribution in [1.82, 2.24) is 0 Å². The Balaban J connectivity index is 2.69. The lowest BCUT2D eigenvalue weighted by atomic mass is 10.1. The van der Waals surface area contributed by atoms with E-state index in [4.69, 9.17) is 5.73 Å². The number of amides is 1. The van der Waals surface area contributed by atoms with Gasteiger partial charge in [-0.3, -0.25) is 9.59 Å². The SMILES string of the molecule is COC(=O)CSC(C(N)=O)c1ccccc1. The van der Waals surface area contributed by atoms with Crippen LogP contribution in [0, 0.1) is 0 Å². The van der Waals surface area contributed by atoms with Crippen LogP contribution in [0.5, 0.6) is 0 Å². The fraction of sp³-hybridized carbons (Fsp3) is 0.273. The molecule has 0 aromatic heterocycles. The molecule has 1 amide bonds. The number of esters is 1. The largest absolute Gasteiger partial charge is 0.468 e. The second-order valence-corrected chi connectivity index (χ2v) is 4.17. The third-order valence-electron chi connectivity index (χ3n) is 1.96. The van der Waals surface area contributed by atoms with Crippen LogP contribution < -0.4 is 5.73 Å². The van der Waals surface area contributed by atoms with Crippen LogP contribution >= 0.6 is 11.8 Å². The molecule has 0 aliphatic rings. The lowest BCUT2D eigenvalue weighted by Gasteiger charge is -2.12. The van der Waals surface area contributed by atoms with Crippen LogP contribution in [-0.4, -0.2) is 24.7 Å². The minimum Gasteiger partial charge on any atom is -0.468 e. The van der Waals surface area contributed by atoms with Crippen molar-refractivity contribution in [3.63, 3.8) is 0 Å². The highest BCUT2D eigenvalue weighted by Crippen LogP contribution is 2.28. The number of benzene rings is 1. The van der Waals surface area contributed by atoms with Crippen molar-refractivity contribution in [2.45, 2.75) is 5.25 Å². The van der Waals surface area contributed by atoms with Crippen molar-refractivity contribution in [3.05, 3.63) is 35.9 Å². The Morgan fingerprint density at radius 1 is 1.38 bits per heavy atom. The van der Waals surface area contributed by atoms with Crippen molar-refractivity contribution >= 4 is 23.6 Å². The highest BCUT2D eigenvalue weighted by molar-refractivity contribution is 8.00. The fourth-order valence-corrected chi connectivity index (χ4v) is 2.12. The van der Waals surface area contributed by atoms with Crippen molar-refractivity contribution in [2.24, 2.45) is 5.73 Å². The van der Waals surface area contributed by atoms with Gasteiger partial charge in [0, 0.05) is 0 Å². The maximum Gasteiger partial charge on any atom is 0.315 e. The maximum absolute atomic E-state index is 11.3. The van der Waals surface area contributed by atoms with E-state index in [9.17, 15) is 9.59 Å². The molecule has 0 heterocycles. The Morgan fingerprint density at radius 2 is 2.00 bits per heavy atom. The number of ether oxygens (including phenoxy) is 1. The first-order valence-corrected chi connectivity index (χ1v) is 5.72. The van der Waals surface area contributed by atoms with Gasteiger partial charge < -0.3 is 10.5 Å². The Morgan fingerprint density at radius 3 is 2.50 bits per heavy atom.